The van der Waals surface area contributed by atoms with Gasteiger partial charge in [-0.15, -0.1) is 0 Å². The summed E-state index contributed by atoms with van der Waals surface area (Å²) < 4.78 is 0. The Hall–Kier alpha value is -2.17. The van der Waals surface area contributed by atoms with Crippen LogP contribution in [0.4, 0.5) is 0 Å². The summed E-state index contributed by atoms with van der Waals surface area (Å²) in [5.74, 6) is 3.03. The van der Waals surface area contributed by atoms with E-state index in [-0.39, 0.29) is 11.3 Å². The normalized spacial score (nSPS) is 39.6. The molecular weight excluding hydrogens is 466 g/mol. The van der Waals surface area contributed by atoms with Crippen LogP contribution in [0.25, 0.3) is 0 Å². The number of hydrogen-bond donors (Lipinski definition) is 1. The predicted molar refractivity (Wildman–Crippen MR) is 151 cm³/mol. The molecule has 38 heavy (non-hydrogen) atoms. The maximum atomic E-state index is 13.9. The average Bonchev–Trinajstić information content (AvgIpc) is 3.51. The van der Waals surface area contributed by atoms with Crippen molar-refractivity contribution < 1.29 is 4.79 Å². The van der Waals surface area contributed by atoms with Gasteiger partial charge in [0.25, 0.3) is 5.91 Å². The quantitative estimate of drug-likeness (QED) is 0.629. The summed E-state index contributed by atoms with van der Waals surface area (Å²) in [7, 11) is 0. The summed E-state index contributed by atoms with van der Waals surface area (Å²) in [4.78, 5) is 19.2. The summed E-state index contributed by atoms with van der Waals surface area (Å²) in [5, 5.41) is 3.58. The van der Waals surface area contributed by atoms with Crippen molar-refractivity contribution in [2.45, 2.75) is 69.9 Å². The third-order valence-corrected chi connectivity index (χ3v) is 12.5. The maximum Gasteiger partial charge on any atom is 0.254 e. The number of rotatable bonds is 3. The van der Waals surface area contributed by atoms with Crippen molar-refractivity contribution >= 4 is 5.91 Å². The van der Waals surface area contributed by atoms with Crippen LogP contribution >= 0.6 is 0 Å². The molecule has 2 saturated carbocycles. The van der Waals surface area contributed by atoms with Crippen LogP contribution in [-0.2, 0) is 11.8 Å². The van der Waals surface area contributed by atoms with Crippen molar-refractivity contribution in [3.8, 4) is 0 Å². The Morgan fingerprint density at radius 3 is 2.68 bits per heavy atom. The monoisotopic (exact) mass is 509 g/mol. The fourth-order valence-electron chi connectivity index (χ4n) is 11.3. The Labute approximate surface area is 228 Å². The van der Waals surface area contributed by atoms with E-state index in [0.29, 0.717) is 35.3 Å². The van der Waals surface area contributed by atoms with Crippen molar-refractivity contribution in [2.24, 2.45) is 29.1 Å². The number of benzene rings is 2. The number of likely N-dealkylation sites (tertiary alicyclic amines) is 2. The van der Waals surface area contributed by atoms with E-state index in [1.165, 1.54) is 70.3 Å². The van der Waals surface area contributed by atoms with Crippen LogP contribution in [0.1, 0.15) is 66.1 Å². The minimum absolute atomic E-state index is 0.234. The van der Waals surface area contributed by atoms with Crippen LogP contribution in [0.15, 0.2) is 48.5 Å². The van der Waals surface area contributed by atoms with Crippen molar-refractivity contribution in [3.63, 3.8) is 0 Å². The highest BCUT2D eigenvalue weighted by atomic mass is 16.2. The number of carbonyl (C=O) groups is 1. The van der Waals surface area contributed by atoms with Gasteiger partial charge >= 0.3 is 0 Å². The van der Waals surface area contributed by atoms with Gasteiger partial charge in [0.1, 0.15) is 0 Å². The third kappa shape index (κ3) is 2.97. The van der Waals surface area contributed by atoms with E-state index in [9.17, 15) is 4.79 Å². The molecule has 3 heterocycles. The van der Waals surface area contributed by atoms with Crippen LogP contribution in [0.2, 0.25) is 0 Å². The Balaban J connectivity index is 1.22. The molecule has 8 rings (SSSR count). The Morgan fingerprint density at radius 2 is 1.87 bits per heavy atom. The second kappa shape index (κ2) is 8.41. The lowest BCUT2D eigenvalue weighted by Gasteiger charge is -2.65. The van der Waals surface area contributed by atoms with Gasteiger partial charge in [-0.3, -0.25) is 9.69 Å². The number of nitrogens with zero attached hydrogens (tertiary/aromatic N) is 2. The van der Waals surface area contributed by atoms with Gasteiger partial charge < -0.3 is 10.2 Å². The second-order valence-corrected chi connectivity index (χ2v) is 13.8. The SMILES string of the molecule is Cc1ccc2c(c1)C13C(C2)CN(CC2CCNCC2)C(C)C12CCC1C3[C@@H](CN1C(=O)c1ccccc1)C2. The van der Waals surface area contributed by atoms with Gasteiger partial charge in [-0.2, -0.15) is 0 Å². The van der Waals surface area contributed by atoms with E-state index >= 15 is 0 Å². The zero-order valence-corrected chi connectivity index (χ0v) is 23.2. The smallest absolute Gasteiger partial charge is 0.254 e. The minimum atomic E-state index is 0.234. The van der Waals surface area contributed by atoms with Gasteiger partial charge in [0.15, 0.2) is 0 Å². The zero-order chi connectivity index (χ0) is 25.6. The van der Waals surface area contributed by atoms with E-state index in [1.807, 2.05) is 30.3 Å². The summed E-state index contributed by atoms with van der Waals surface area (Å²) in [6, 6.07) is 18.5. The first-order chi connectivity index (χ1) is 18.5. The summed E-state index contributed by atoms with van der Waals surface area (Å²) in [6.07, 6.45) is 7.65. The van der Waals surface area contributed by atoms with Crippen molar-refractivity contribution in [1.82, 2.24) is 15.1 Å². The van der Waals surface area contributed by atoms with Crippen molar-refractivity contribution in [2.75, 3.05) is 32.7 Å². The number of aryl methyl sites for hydroxylation is 1. The fraction of sp³-hybridized carbons (Fsp3) is 0.618. The molecule has 1 spiro atoms. The topological polar surface area (TPSA) is 35.6 Å². The van der Waals surface area contributed by atoms with Gasteiger partial charge in [-0.1, -0.05) is 42.0 Å². The number of fused-ring (bicyclic) bond motifs is 1. The molecule has 4 heteroatoms. The lowest BCUT2D eigenvalue weighted by molar-refractivity contribution is -0.117. The van der Waals surface area contributed by atoms with Crippen LogP contribution in [0, 0.1) is 36.0 Å². The van der Waals surface area contributed by atoms with E-state index in [2.05, 4.69) is 47.2 Å². The highest BCUT2D eigenvalue weighted by molar-refractivity contribution is 5.94. The molecule has 6 aliphatic rings. The molecule has 2 aromatic rings. The van der Waals surface area contributed by atoms with Crippen LogP contribution in [0.5, 0.6) is 0 Å². The summed E-state index contributed by atoms with van der Waals surface area (Å²) in [5.41, 5.74) is 6.17. The largest absolute Gasteiger partial charge is 0.335 e. The molecule has 2 bridgehead atoms. The first-order valence-corrected chi connectivity index (χ1v) is 15.4. The maximum absolute atomic E-state index is 13.9. The molecule has 1 amide bonds. The molecule has 3 saturated heterocycles. The Bertz CT molecular complexity index is 1250. The Morgan fingerprint density at radius 1 is 1.05 bits per heavy atom. The molecule has 0 radical (unpaired) electrons. The van der Waals surface area contributed by atoms with Gasteiger partial charge in [-0.25, -0.2) is 0 Å². The fourth-order valence-corrected chi connectivity index (χ4v) is 11.3. The van der Waals surface area contributed by atoms with E-state index < -0.39 is 0 Å². The number of piperidine rings is 2. The van der Waals surface area contributed by atoms with Crippen LogP contribution in [0.3, 0.4) is 0 Å². The summed E-state index contributed by atoms with van der Waals surface area (Å²) >= 11 is 0. The van der Waals surface area contributed by atoms with Gasteiger partial charge in [-0.05, 0) is 118 Å². The lowest BCUT2D eigenvalue weighted by Crippen LogP contribution is -2.69. The third-order valence-electron chi connectivity index (χ3n) is 12.5. The molecule has 3 aliphatic carbocycles. The molecule has 200 valence electrons. The van der Waals surface area contributed by atoms with E-state index in [0.717, 1.165) is 18.0 Å². The van der Waals surface area contributed by atoms with Crippen LogP contribution in [-0.4, -0.2) is 60.5 Å². The highest BCUT2D eigenvalue weighted by Crippen LogP contribution is 2.76. The van der Waals surface area contributed by atoms with E-state index in [4.69, 9.17) is 0 Å². The standard InChI is InChI=1S/C34H43N3O/c1-22-8-9-26-17-28-21-36(19-24-11-14-35-15-12-24)23(2)33-13-10-30-31(34(28,33)29(26)16-22)27(18-33)20-37(30)32(38)25-6-4-3-5-7-25/h3-9,16,23-24,27-28,30-31,35H,10-15,17-21H2,1-2H3/t23?,27-,28?,30?,31?,33?,34?/m1/s1. The van der Waals surface area contributed by atoms with Crippen molar-refractivity contribution in [1.29, 1.82) is 0 Å². The predicted octanol–water partition coefficient (Wildman–Crippen LogP) is 5.05. The molecule has 2 aromatic carbocycles. The lowest BCUT2D eigenvalue weighted by atomic mass is 9.45. The highest BCUT2D eigenvalue weighted by Gasteiger charge is 2.78. The Kier molecular flexibility index (Phi) is 5.25. The first-order valence-electron chi connectivity index (χ1n) is 15.4. The molecule has 1 N–H and O–H groups in total. The average molecular weight is 510 g/mol. The van der Waals surface area contributed by atoms with Crippen LogP contribution < -0.4 is 5.32 Å². The molecule has 6 unspecified atom stereocenters. The van der Waals surface area contributed by atoms with Crippen molar-refractivity contribution in [3.05, 3.63) is 70.8 Å². The minimum Gasteiger partial charge on any atom is -0.335 e. The zero-order valence-electron chi connectivity index (χ0n) is 23.2. The van der Waals surface area contributed by atoms with Gasteiger partial charge in [0, 0.05) is 42.7 Å². The molecule has 3 aliphatic heterocycles. The van der Waals surface area contributed by atoms with Gasteiger partial charge in [0.2, 0.25) is 0 Å². The number of nitrogens with one attached hydrogen (secondary N) is 1. The molecule has 0 aromatic heterocycles. The molecular formula is C34H43N3O. The van der Waals surface area contributed by atoms with Gasteiger partial charge in [0.05, 0.1) is 0 Å². The molecule has 5 fully saturated rings. The van der Waals surface area contributed by atoms with E-state index in [1.54, 1.807) is 11.1 Å². The molecule has 7 atom stereocenters. The number of carbonyl (C=O) groups excluding carboxylic acids is 1. The number of amides is 1. The summed E-state index contributed by atoms with van der Waals surface area (Å²) in [6.45, 7) is 10.8. The second-order valence-electron chi connectivity index (χ2n) is 13.8. The number of hydrogen-bond acceptors (Lipinski definition) is 3. The molecule has 4 nitrogen and oxygen atoms in total. The first kappa shape index (κ1) is 23.7.